The number of hydrogen-bond acceptors (Lipinski definition) is 2. The summed E-state index contributed by atoms with van der Waals surface area (Å²) >= 11 is 1.50. The van der Waals surface area contributed by atoms with Gasteiger partial charge in [0, 0.05) is 10.9 Å². The lowest BCUT2D eigenvalue weighted by Gasteiger charge is -2.37. The highest BCUT2D eigenvalue weighted by molar-refractivity contribution is 7.13. The third-order valence-electron chi connectivity index (χ3n) is 4.45. The second-order valence-corrected chi connectivity index (χ2v) is 7.36. The number of piperidine rings is 1. The molecule has 0 amide bonds. The van der Waals surface area contributed by atoms with E-state index in [-0.39, 0.29) is 0 Å². The number of nitrogens with zero attached hydrogens (tertiary/aromatic N) is 2. The van der Waals surface area contributed by atoms with Crippen LogP contribution in [0.3, 0.4) is 0 Å². The Morgan fingerprint density at radius 2 is 1.74 bits per heavy atom. The van der Waals surface area contributed by atoms with E-state index in [9.17, 15) is 13.2 Å². The molecule has 0 atom stereocenters. The molecule has 0 radical (unpaired) electrons. The molecule has 6 heteroatoms. The second kappa shape index (κ2) is 6.24. The molecule has 0 saturated carbocycles. The van der Waals surface area contributed by atoms with E-state index in [0.717, 1.165) is 39.4 Å². The summed E-state index contributed by atoms with van der Waals surface area (Å²) in [5.41, 5.74) is 1.16. The van der Waals surface area contributed by atoms with Crippen molar-refractivity contribution in [1.29, 1.82) is 0 Å². The molecule has 2 heterocycles. The van der Waals surface area contributed by atoms with Crippen LogP contribution in [0, 0.1) is 0 Å². The third kappa shape index (κ3) is 3.93. The van der Waals surface area contributed by atoms with Gasteiger partial charge in [-0.1, -0.05) is 12.1 Å². The fourth-order valence-electron chi connectivity index (χ4n) is 3.14. The number of halogens is 3. The predicted molar refractivity (Wildman–Crippen MR) is 86.0 cm³/mol. The van der Waals surface area contributed by atoms with Gasteiger partial charge in [0.1, 0.15) is 17.2 Å². The minimum absolute atomic E-state index is 0.621. The Morgan fingerprint density at radius 3 is 2.35 bits per heavy atom. The summed E-state index contributed by atoms with van der Waals surface area (Å²) in [6, 6.07) is 5.25. The van der Waals surface area contributed by atoms with Crippen LogP contribution in [-0.4, -0.2) is 29.6 Å². The summed E-state index contributed by atoms with van der Waals surface area (Å²) in [6.07, 6.45) is -0.472. The van der Waals surface area contributed by atoms with E-state index in [4.69, 9.17) is 0 Å². The van der Waals surface area contributed by atoms with Gasteiger partial charge in [0.2, 0.25) is 0 Å². The summed E-state index contributed by atoms with van der Waals surface area (Å²) in [7, 11) is 2.26. The molecule has 0 aliphatic carbocycles. The van der Waals surface area contributed by atoms with Crippen LogP contribution in [-0.2, 0) is 12.7 Å². The lowest BCUT2D eigenvalue weighted by molar-refractivity contribution is -0.927. The van der Waals surface area contributed by atoms with Gasteiger partial charge < -0.3 is 4.48 Å². The third-order valence-corrected chi connectivity index (χ3v) is 5.39. The van der Waals surface area contributed by atoms with Crippen molar-refractivity contribution in [1.82, 2.24) is 4.98 Å². The van der Waals surface area contributed by atoms with Gasteiger partial charge in [0.05, 0.1) is 25.7 Å². The zero-order valence-electron chi connectivity index (χ0n) is 13.1. The summed E-state index contributed by atoms with van der Waals surface area (Å²) in [5, 5.41) is 2.82. The average Bonchev–Trinajstić information content (AvgIpc) is 2.95. The zero-order valence-corrected chi connectivity index (χ0v) is 13.9. The first-order valence-corrected chi connectivity index (χ1v) is 8.69. The number of hydrogen-bond donors (Lipinski definition) is 0. The first kappa shape index (κ1) is 16.5. The Labute approximate surface area is 138 Å². The molecule has 1 aliphatic heterocycles. The Bertz CT molecular complexity index is 655. The standard InChI is InChI=1S/C17H20F3N2S/c1-22(9-3-2-4-10-22)11-15-12-23-16(21-15)13-5-7-14(8-6-13)17(18,19)20/h5-8,12H,2-4,9-11H2,1H3/q+1. The molecule has 23 heavy (non-hydrogen) atoms. The van der Waals surface area contributed by atoms with Crippen LogP contribution in [0.2, 0.25) is 0 Å². The van der Waals surface area contributed by atoms with Crippen LogP contribution in [0.25, 0.3) is 10.6 Å². The van der Waals surface area contributed by atoms with Crippen molar-refractivity contribution >= 4 is 11.3 Å². The summed E-state index contributed by atoms with van der Waals surface area (Å²) < 4.78 is 38.9. The maximum absolute atomic E-state index is 12.6. The molecule has 124 valence electrons. The van der Waals surface area contributed by atoms with E-state index in [1.165, 1.54) is 55.8 Å². The van der Waals surface area contributed by atoms with Crippen molar-refractivity contribution in [2.24, 2.45) is 0 Å². The first-order chi connectivity index (χ1) is 10.9. The molecule has 0 unspecified atom stereocenters. The van der Waals surface area contributed by atoms with Gasteiger partial charge in [-0.15, -0.1) is 11.3 Å². The topological polar surface area (TPSA) is 12.9 Å². The highest BCUT2D eigenvalue weighted by Crippen LogP contribution is 2.32. The number of alkyl halides is 3. The van der Waals surface area contributed by atoms with E-state index in [0.29, 0.717) is 0 Å². The molecular weight excluding hydrogens is 321 g/mol. The number of aromatic nitrogens is 1. The largest absolute Gasteiger partial charge is 0.416 e. The van der Waals surface area contributed by atoms with E-state index in [1.807, 2.05) is 5.38 Å². The van der Waals surface area contributed by atoms with Crippen molar-refractivity contribution < 1.29 is 17.7 Å². The Balaban J connectivity index is 1.74. The quantitative estimate of drug-likeness (QED) is 0.719. The van der Waals surface area contributed by atoms with Crippen molar-refractivity contribution in [2.75, 3.05) is 20.1 Å². The van der Waals surface area contributed by atoms with Crippen LogP contribution >= 0.6 is 11.3 Å². The highest BCUT2D eigenvalue weighted by atomic mass is 32.1. The van der Waals surface area contributed by atoms with Crippen LogP contribution in [0.1, 0.15) is 30.5 Å². The van der Waals surface area contributed by atoms with Crippen molar-refractivity contribution in [2.45, 2.75) is 32.0 Å². The molecule has 0 spiro atoms. The number of quaternary nitrogens is 1. The lowest BCUT2D eigenvalue weighted by atomic mass is 10.1. The fraction of sp³-hybridized carbons (Fsp3) is 0.471. The van der Waals surface area contributed by atoms with Crippen LogP contribution < -0.4 is 0 Å². The van der Waals surface area contributed by atoms with Crippen LogP contribution in [0.15, 0.2) is 29.6 Å². The minimum Gasteiger partial charge on any atom is -0.321 e. The zero-order chi connectivity index (χ0) is 16.5. The van der Waals surface area contributed by atoms with E-state index in [2.05, 4.69) is 12.0 Å². The molecule has 1 aromatic carbocycles. The van der Waals surface area contributed by atoms with Gasteiger partial charge in [0.25, 0.3) is 0 Å². The molecule has 0 N–H and O–H groups in total. The minimum atomic E-state index is -4.29. The van der Waals surface area contributed by atoms with Gasteiger partial charge in [0.15, 0.2) is 0 Å². The molecule has 2 nitrogen and oxygen atoms in total. The lowest BCUT2D eigenvalue weighted by Crippen LogP contribution is -2.47. The first-order valence-electron chi connectivity index (χ1n) is 7.81. The molecule has 3 rings (SSSR count). The second-order valence-electron chi connectivity index (χ2n) is 6.50. The monoisotopic (exact) mass is 341 g/mol. The van der Waals surface area contributed by atoms with Crippen LogP contribution in [0.4, 0.5) is 13.2 Å². The maximum Gasteiger partial charge on any atom is 0.416 e. The molecule has 1 aromatic heterocycles. The average molecular weight is 341 g/mol. The van der Waals surface area contributed by atoms with E-state index >= 15 is 0 Å². The summed E-state index contributed by atoms with van der Waals surface area (Å²) in [6.45, 7) is 3.25. The molecule has 2 aromatic rings. The van der Waals surface area contributed by atoms with Gasteiger partial charge in [-0.3, -0.25) is 0 Å². The smallest absolute Gasteiger partial charge is 0.321 e. The Morgan fingerprint density at radius 1 is 1.09 bits per heavy atom. The number of thiazole rings is 1. The van der Waals surface area contributed by atoms with Crippen molar-refractivity contribution in [3.05, 3.63) is 40.9 Å². The Hall–Kier alpha value is -1.40. The molecule has 1 saturated heterocycles. The number of rotatable bonds is 3. The fourth-order valence-corrected chi connectivity index (χ4v) is 3.96. The predicted octanol–water partition coefficient (Wildman–Crippen LogP) is 4.96. The van der Waals surface area contributed by atoms with Crippen molar-refractivity contribution in [3.63, 3.8) is 0 Å². The molecule has 1 aliphatic rings. The summed E-state index contributed by atoms with van der Waals surface area (Å²) in [4.78, 5) is 4.63. The normalized spacial score (nSPS) is 18.1. The van der Waals surface area contributed by atoms with Gasteiger partial charge in [-0.25, -0.2) is 4.98 Å². The highest BCUT2D eigenvalue weighted by Gasteiger charge is 2.30. The van der Waals surface area contributed by atoms with Crippen molar-refractivity contribution in [3.8, 4) is 10.6 Å². The SMILES string of the molecule is C[N+]1(Cc2csc(-c3ccc(C(F)(F)F)cc3)n2)CCCCC1. The molecule has 1 fully saturated rings. The Kier molecular flexibility index (Phi) is 4.47. The number of benzene rings is 1. The number of likely N-dealkylation sites (tertiary alicyclic amines) is 1. The van der Waals surface area contributed by atoms with Gasteiger partial charge in [-0.2, -0.15) is 13.2 Å². The van der Waals surface area contributed by atoms with Crippen LogP contribution in [0.5, 0.6) is 0 Å². The molecular formula is C17H20F3N2S+. The maximum atomic E-state index is 12.6. The summed E-state index contributed by atoms with van der Waals surface area (Å²) in [5.74, 6) is 0. The molecule has 0 bridgehead atoms. The van der Waals surface area contributed by atoms with Gasteiger partial charge >= 0.3 is 6.18 Å². The van der Waals surface area contributed by atoms with Gasteiger partial charge in [-0.05, 0) is 31.4 Å². The van der Waals surface area contributed by atoms with E-state index < -0.39 is 11.7 Å². The van der Waals surface area contributed by atoms with E-state index in [1.54, 1.807) is 0 Å².